The maximum atomic E-state index is 13.5. The molecular weight excluding hydrogens is 530 g/mol. The van der Waals surface area contributed by atoms with E-state index in [-0.39, 0.29) is 37.8 Å². The van der Waals surface area contributed by atoms with E-state index in [0.29, 0.717) is 38.4 Å². The Labute approximate surface area is 230 Å². The second-order valence-corrected chi connectivity index (χ2v) is 12.8. The van der Waals surface area contributed by atoms with Crippen LogP contribution in [0.3, 0.4) is 0 Å². The van der Waals surface area contributed by atoms with Crippen LogP contribution < -0.4 is 10.0 Å². The fraction of sp³-hybridized carbons (Fsp3) is 0.840. The molecule has 0 radical (unpaired) electrons. The van der Waals surface area contributed by atoms with E-state index in [0.717, 1.165) is 0 Å². The molecule has 5 unspecified atom stereocenters. The lowest BCUT2D eigenvalue weighted by atomic mass is 9.53. The Balaban J connectivity index is 2.20. The Bertz CT molecular complexity index is 1010. The van der Waals surface area contributed by atoms with Crippen LogP contribution in [0, 0.1) is 22.8 Å². The van der Waals surface area contributed by atoms with Crippen molar-refractivity contribution in [1.82, 2.24) is 14.9 Å². The van der Waals surface area contributed by atoms with Gasteiger partial charge in [-0.05, 0) is 50.4 Å². The van der Waals surface area contributed by atoms with Crippen LogP contribution in [-0.2, 0) is 29.2 Å². The third-order valence-electron chi connectivity index (χ3n) is 7.97. The zero-order valence-electron chi connectivity index (χ0n) is 23.0. The summed E-state index contributed by atoms with van der Waals surface area (Å²) in [6, 6.07) is -3.44. The smallest absolute Gasteiger partial charge is 0.305 e. The largest absolute Gasteiger partial charge is 0.481 e. The molecular formula is C25H43N5O8S. The number of carboxylic acid groups (broad SMARTS) is 1. The first-order valence-electron chi connectivity index (χ1n) is 13.6. The highest BCUT2D eigenvalue weighted by Crippen LogP contribution is 2.54. The molecule has 1 aliphatic heterocycles. The molecule has 0 bridgehead atoms. The van der Waals surface area contributed by atoms with Gasteiger partial charge in [-0.3, -0.25) is 14.4 Å². The van der Waals surface area contributed by atoms with Crippen LogP contribution in [0.25, 0.3) is 0 Å². The summed E-state index contributed by atoms with van der Waals surface area (Å²) in [4.78, 5) is 50.6. The maximum absolute atomic E-state index is 13.5. The lowest BCUT2D eigenvalue weighted by molar-refractivity contribution is -0.144. The number of carbonyl (C=O) groups excluding carboxylic acids is 3. The first-order chi connectivity index (χ1) is 18.3. The monoisotopic (exact) mass is 573 g/mol. The minimum atomic E-state index is -4.21. The van der Waals surface area contributed by atoms with Crippen LogP contribution in [0.2, 0.25) is 0 Å². The summed E-state index contributed by atoms with van der Waals surface area (Å²) in [5, 5.41) is 25.9. The summed E-state index contributed by atoms with van der Waals surface area (Å²) in [6.45, 7) is 6.18. The van der Waals surface area contributed by atoms with Crippen LogP contribution in [0.1, 0.15) is 72.1 Å². The summed E-state index contributed by atoms with van der Waals surface area (Å²) in [5.74, 6) is -3.14. The molecule has 1 heterocycles. The summed E-state index contributed by atoms with van der Waals surface area (Å²) >= 11 is 0. The number of hydrogen-bond acceptors (Lipinski definition) is 9. The molecule has 1 aliphatic carbocycles. The van der Waals surface area contributed by atoms with E-state index in [1.807, 2.05) is 20.8 Å². The zero-order chi connectivity index (χ0) is 29.4. The SMILES string of the molecule is CCCC1(CS(=O)(=O)NC(CC(=O)O)C(=O)N2CCCC2C(=O)NC(C=O)CCCN=N)C(C(C)C)C[C@@H]1O. The number of hydrogen-bond donors (Lipinski definition) is 5. The number of nitrogens with one attached hydrogen (secondary N) is 3. The fourth-order valence-corrected chi connectivity index (χ4v) is 8.10. The number of nitrogens with zero attached hydrogens (tertiary/aromatic N) is 2. The average molecular weight is 574 g/mol. The van der Waals surface area contributed by atoms with Gasteiger partial charge in [0.05, 0.1) is 30.9 Å². The Morgan fingerprint density at radius 2 is 1.97 bits per heavy atom. The van der Waals surface area contributed by atoms with Crippen molar-refractivity contribution in [2.75, 3.05) is 18.8 Å². The molecule has 0 aromatic rings. The van der Waals surface area contributed by atoms with Gasteiger partial charge in [-0.15, -0.1) is 0 Å². The van der Waals surface area contributed by atoms with Gasteiger partial charge in [0.25, 0.3) is 0 Å². The number of amides is 2. The molecule has 13 nitrogen and oxygen atoms in total. The first-order valence-corrected chi connectivity index (χ1v) is 15.3. The number of sulfonamides is 1. The summed E-state index contributed by atoms with van der Waals surface area (Å²) in [6.07, 6.45) is 1.94. The van der Waals surface area contributed by atoms with Crippen molar-refractivity contribution in [3.8, 4) is 0 Å². The van der Waals surface area contributed by atoms with Crippen LogP contribution in [0.15, 0.2) is 5.11 Å². The van der Waals surface area contributed by atoms with Gasteiger partial charge in [-0.2, -0.15) is 5.11 Å². The molecule has 5 N–H and O–H groups in total. The normalized spacial score (nSPS) is 26.5. The highest BCUT2D eigenvalue weighted by atomic mass is 32.2. The van der Waals surface area contributed by atoms with Gasteiger partial charge < -0.3 is 25.2 Å². The summed E-state index contributed by atoms with van der Waals surface area (Å²) in [7, 11) is -4.21. The van der Waals surface area contributed by atoms with E-state index in [4.69, 9.17) is 5.53 Å². The van der Waals surface area contributed by atoms with Gasteiger partial charge in [0.1, 0.15) is 18.4 Å². The van der Waals surface area contributed by atoms with Gasteiger partial charge in [-0.1, -0.05) is 27.2 Å². The number of carboxylic acids is 1. The van der Waals surface area contributed by atoms with Crippen molar-refractivity contribution in [3.05, 3.63) is 0 Å². The van der Waals surface area contributed by atoms with Crippen molar-refractivity contribution in [1.29, 1.82) is 5.53 Å². The fourth-order valence-electron chi connectivity index (χ4n) is 6.14. The van der Waals surface area contributed by atoms with E-state index >= 15 is 0 Å². The Morgan fingerprint density at radius 1 is 1.28 bits per heavy atom. The van der Waals surface area contributed by atoms with Crippen LogP contribution in [-0.4, -0.2) is 90.7 Å². The molecule has 1 saturated heterocycles. The minimum Gasteiger partial charge on any atom is -0.481 e. The van der Waals surface area contributed by atoms with Gasteiger partial charge in [0, 0.05) is 12.0 Å². The van der Waals surface area contributed by atoms with Crippen molar-refractivity contribution >= 4 is 34.1 Å². The quantitative estimate of drug-likeness (QED) is 0.0963. The highest BCUT2D eigenvalue weighted by Gasteiger charge is 2.56. The Morgan fingerprint density at radius 3 is 2.51 bits per heavy atom. The molecule has 2 fully saturated rings. The molecule has 1 saturated carbocycles. The third-order valence-corrected chi connectivity index (χ3v) is 9.53. The predicted octanol–water partition coefficient (Wildman–Crippen LogP) is 1.06. The molecule has 2 rings (SSSR count). The lowest BCUT2D eigenvalue weighted by Gasteiger charge is -2.55. The molecule has 0 spiro atoms. The predicted molar refractivity (Wildman–Crippen MR) is 141 cm³/mol. The third kappa shape index (κ3) is 8.27. The molecule has 0 aromatic carbocycles. The van der Waals surface area contributed by atoms with Crippen LogP contribution in [0.4, 0.5) is 0 Å². The molecule has 14 heteroatoms. The van der Waals surface area contributed by atoms with E-state index < -0.39 is 69.6 Å². The van der Waals surface area contributed by atoms with E-state index in [2.05, 4.69) is 15.2 Å². The van der Waals surface area contributed by atoms with Crippen LogP contribution >= 0.6 is 0 Å². The van der Waals surface area contributed by atoms with Crippen molar-refractivity contribution in [2.45, 2.75) is 96.4 Å². The minimum absolute atomic E-state index is 0.0372. The first kappa shape index (κ1) is 32.8. The van der Waals surface area contributed by atoms with Gasteiger partial charge in [0.2, 0.25) is 21.8 Å². The number of aliphatic hydroxyl groups excluding tert-OH is 1. The Kier molecular flexibility index (Phi) is 12.0. The molecule has 222 valence electrons. The number of carbonyl (C=O) groups is 4. The lowest BCUT2D eigenvalue weighted by Crippen LogP contribution is -2.61. The zero-order valence-corrected chi connectivity index (χ0v) is 23.8. The van der Waals surface area contributed by atoms with Crippen molar-refractivity contribution in [2.24, 2.45) is 22.4 Å². The molecule has 39 heavy (non-hydrogen) atoms. The van der Waals surface area contributed by atoms with Gasteiger partial charge in [0.15, 0.2) is 0 Å². The second-order valence-electron chi connectivity index (χ2n) is 11.1. The highest BCUT2D eigenvalue weighted by molar-refractivity contribution is 7.89. The number of rotatable bonds is 17. The summed E-state index contributed by atoms with van der Waals surface area (Å²) in [5.41, 5.74) is 5.94. The Hall–Kier alpha value is -2.45. The number of aliphatic carboxylic acids is 1. The van der Waals surface area contributed by atoms with Gasteiger partial charge >= 0.3 is 5.97 Å². The number of aldehydes is 1. The standard InChI is InChI=1S/C25H43N5O8S/c1-4-9-25(18(16(2)3)12-21(25)32)15-39(37,38)29-19(13-22(33)34)24(36)30-11-6-8-20(30)23(35)28-17(14-31)7-5-10-27-26/h14,16-21,26,29,32H,4-13,15H2,1-3H3,(H,28,35)(H,33,34)/t17?,18?,19?,20?,21-,25?/m0/s1. The van der Waals surface area contributed by atoms with Gasteiger partial charge in [-0.25, -0.2) is 18.7 Å². The molecule has 2 amide bonds. The number of likely N-dealkylation sites (tertiary alicyclic amines) is 1. The topological polar surface area (TPSA) is 206 Å². The number of aliphatic hydroxyl groups is 1. The van der Waals surface area contributed by atoms with E-state index in [9.17, 15) is 37.8 Å². The molecule has 6 atom stereocenters. The second kappa shape index (κ2) is 14.3. The molecule has 2 aliphatic rings. The summed E-state index contributed by atoms with van der Waals surface area (Å²) < 4.78 is 29.0. The van der Waals surface area contributed by atoms with E-state index in [1.54, 1.807) is 0 Å². The van der Waals surface area contributed by atoms with Crippen molar-refractivity contribution in [3.63, 3.8) is 0 Å². The average Bonchev–Trinajstić information content (AvgIpc) is 3.35. The molecule has 0 aromatic heterocycles. The maximum Gasteiger partial charge on any atom is 0.305 e. The van der Waals surface area contributed by atoms with Crippen molar-refractivity contribution < 1.29 is 37.8 Å². The van der Waals surface area contributed by atoms with E-state index in [1.165, 1.54) is 4.90 Å². The van der Waals surface area contributed by atoms with Crippen LogP contribution in [0.5, 0.6) is 0 Å².